The highest BCUT2D eigenvalue weighted by atomic mass is 32.1. The maximum absolute atomic E-state index is 12.5. The largest absolute Gasteiger partial charge is 0.381 e. The molecule has 1 fully saturated rings. The highest BCUT2D eigenvalue weighted by molar-refractivity contribution is 7.15. The molecule has 1 aromatic carbocycles. The second-order valence-corrected chi connectivity index (χ2v) is 10.4. The van der Waals surface area contributed by atoms with Crippen molar-refractivity contribution in [3.05, 3.63) is 52.9 Å². The van der Waals surface area contributed by atoms with Crippen LogP contribution in [0, 0.1) is 6.92 Å². The number of benzene rings is 1. The Bertz CT molecular complexity index is 1400. The lowest BCUT2D eigenvalue weighted by Gasteiger charge is -2.29. The molecule has 0 bridgehead atoms. The van der Waals surface area contributed by atoms with E-state index in [2.05, 4.69) is 39.2 Å². The first-order valence-electron chi connectivity index (χ1n) is 12.1. The molecule has 0 radical (unpaired) electrons. The molecule has 0 atom stereocenters. The van der Waals surface area contributed by atoms with Gasteiger partial charge in [0, 0.05) is 67.8 Å². The molecule has 35 heavy (non-hydrogen) atoms. The zero-order valence-electron chi connectivity index (χ0n) is 20.0. The Labute approximate surface area is 208 Å². The van der Waals surface area contributed by atoms with Crippen molar-refractivity contribution in [2.75, 3.05) is 26.8 Å². The van der Waals surface area contributed by atoms with Crippen LogP contribution in [0.2, 0.25) is 0 Å². The molecule has 0 aliphatic carbocycles. The number of amides is 2. The summed E-state index contributed by atoms with van der Waals surface area (Å²) in [4.78, 5) is 24.6. The van der Waals surface area contributed by atoms with E-state index in [0.29, 0.717) is 19.1 Å². The van der Waals surface area contributed by atoms with Gasteiger partial charge in [0.2, 0.25) is 0 Å². The summed E-state index contributed by atoms with van der Waals surface area (Å²) < 4.78 is 7.84. The molecule has 1 saturated heterocycles. The topological polar surface area (TPSA) is 85.2 Å². The van der Waals surface area contributed by atoms with Crippen LogP contribution in [0.25, 0.3) is 32.6 Å². The Hall–Kier alpha value is -3.30. The van der Waals surface area contributed by atoms with Crippen LogP contribution in [-0.2, 0) is 17.7 Å². The molecule has 8 nitrogen and oxygen atoms in total. The van der Waals surface area contributed by atoms with Crippen LogP contribution in [0.4, 0.5) is 4.79 Å². The quantitative estimate of drug-likeness (QED) is 0.456. The van der Waals surface area contributed by atoms with Crippen LogP contribution >= 0.6 is 11.3 Å². The standard InChI is InChI=1S/C26H28N6O2S/c1-16-28-14-24(35-16)22-12-17-4-3-5-19(20(17)13-29-22)25-21-15-31(26(33)27-2)9-6-23(21)32(30-25)18-7-10-34-11-8-18/h3-5,12-14,18H,6-11,15H2,1-2H3,(H,27,33). The predicted molar refractivity (Wildman–Crippen MR) is 136 cm³/mol. The average molecular weight is 489 g/mol. The number of urea groups is 1. The van der Waals surface area contributed by atoms with Crippen molar-refractivity contribution in [1.82, 2.24) is 30.0 Å². The molecule has 0 unspecified atom stereocenters. The van der Waals surface area contributed by atoms with Crippen molar-refractivity contribution in [3.8, 4) is 21.8 Å². The third kappa shape index (κ3) is 3.98. The number of hydrogen-bond acceptors (Lipinski definition) is 6. The molecule has 0 spiro atoms. The molecular formula is C26H28N6O2S. The summed E-state index contributed by atoms with van der Waals surface area (Å²) in [5.41, 5.74) is 5.33. The first-order valence-corrected chi connectivity index (χ1v) is 12.9. The van der Waals surface area contributed by atoms with Gasteiger partial charge in [0.1, 0.15) is 0 Å². The first kappa shape index (κ1) is 22.2. The Kier molecular flexibility index (Phi) is 5.74. The van der Waals surface area contributed by atoms with Gasteiger partial charge in [0.25, 0.3) is 0 Å². The van der Waals surface area contributed by atoms with Gasteiger partial charge in [-0.15, -0.1) is 11.3 Å². The van der Waals surface area contributed by atoms with E-state index >= 15 is 0 Å². The summed E-state index contributed by atoms with van der Waals surface area (Å²) in [6.45, 7) is 4.77. The first-order chi connectivity index (χ1) is 17.1. The predicted octanol–water partition coefficient (Wildman–Crippen LogP) is 4.58. The highest BCUT2D eigenvalue weighted by Crippen LogP contribution is 2.37. The number of nitrogens with one attached hydrogen (secondary N) is 1. The maximum atomic E-state index is 12.5. The Balaban J connectivity index is 1.47. The molecule has 5 heterocycles. The number of pyridine rings is 1. The van der Waals surface area contributed by atoms with Gasteiger partial charge in [-0.05, 0) is 31.2 Å². The SMILES string of the molecule is CNC(=O)N1CCc2c(c(-c3cccc4cc(-c5cnc(C)s5)ncc34)nn2C2CCOCC2)C1. The molecule has 2 aliphatic heterocycles. The van der Waals surface area contributed by atoms with Gasteiger partial charge in [-0.1, -0.05) is 18.2 Å². The van der Waals surface area contributed by atoms with E-state index in [1.54, 1.807) is 18.4 Å². The summed E-state index contributed by atoms with van der Waals surface area (Å²) in [5, 5.41) is 11.2. The monoisotopic (exact) mass is 488 g/mol. The van der Waals surface area contributed by atoms with Gasteiger partial charge in [0.05, 0.1) is 33.9 Å². The third-order valence-electron chi connectivity index (χ3n) is 7.02. The minimum atomic E-state index is -0.0514. The third-order valence-corrected chi connectivity index (χ3v) is 7.95. The van der Waals surface area contributed by atoms with Crippen LogP contribution in [0.5, 0.6) is 0 Å². The molecule has 4 aromatic rings. The molecular weight excluding hydrogens is 460 g/mol. The minimum Gasteiger partial charge on any atom is -0.381 e. The van der Waals surface area contributed by atoms with Gasteiger partial charge in [0.15, 0.2) is 0 Å². The van der Waals surface area contributed by atoms with Crippen molar-refractivity contribution < 1.29 is 9.53 Å². The van der Waals surface area contributed by atoms with E-state index in [9.17, 15) is 4.79 Å². The zero-order valence-corrected chi connectivity index (χ0v) is 20.8. The number of nitrogens with zero attached hydrogens (tertiary/aromatic N) is 5. The van der Waals surface area contributed by atoms with Crippen molar-refractivity contribution in [1.29, 1.82) is 0 Å². The summed E-state index contributed by atoms with van der Waals surface area (Å²) >= 11 is 1.65. The van der Waals surface area contributed by atoms with Crippen LogP contribution < -0.4 is 5.32 Å². The molecule has 2 aliphatic rings. The van der Waals surface area contributed by atoms with E-state index < -0.39 is 0 Å². The lowest BCUT2D eigenvalue weighted by molar-refractivity contribution is 0.0651. The molecule has 6 rings (SSSR count). The lowest BCUT2D eigenvalue weighted by Crippen LogP contribution is -2.41. The minimum absolute atomic E-state index is 0.0514. The zero-order chi connectivity index (χ0) is 23.9. The summed E-state index contributed by atoms with van der Waals surface area (Å²) in [6.07, 6.45) is 6.56. The molecule has 2 amide bonds. The van der Waals surface area contributed by atoms with Gasteiger partial charge in [-0.25, -0.2) is 9.78 Å². The molecule has 9 heteroatoms. The van der Waals surface area contributed by atoms with Crippen LogP contribution in [0.1, 0.15) is 35.1 Å². The fourth-order valence-electron chi connectivity index (χ4n) is 5.22. The van der Waals surface area contributed by atoms with Crippen LogP contribution in [0.3, 0.4) is 0 Å². The number of aryl methyl sites for hydroxylation is 1. The number of thiazole rings is 1. The van der Waals surface area contributed by atoms with Crippen molar-refractivity contribution >= 4 is 28.1 Å². The second kappa shape index (κ2) is 9.05. The van der Waals surface area contributed by atoms with E-state index in [0.717, 1.165) is 75.6 Å². The normalized spacial score (nSPS) is 16.5. The van der Waals surface area contributed by atoms with Crippen molar-refractivity contribution in [2.24, 2.45) is 0 Å². The molecule has 180 valence electrons. The number of hydrogen-bond donors (Lipinski definition) is 1. The molecule has 1 N–H and O–H groups in total. The summed E-state index contributed by atoms with van der Waals surface area (Å²) in [5.74, 6) is 0. The highest BCUT2D eigenvalue weighted by Gasteiger charge is 2.31. The number of fused-ring (bicyclic) bond motifs is 2. The maximum Gasteiger partial charge on any atom is 0.317 e. The average Bonchev–Trinajstić information content (AvgIpc) is 3.51. The van der Waals surface area contributed by atoms with E-state index in [4.69, 9.17) is 14.8 Å². The second-order valence-electron chi connectivity index (χ2n) is 9.13. The van der Waals surface area contributed by atoms with Gasteiger partial charge in [-0.3, -0.25) is 9.67 Å². The number of aromatic nitrogens is 4. The van der Waals surface area contributed by atoms with Crippen LogP contribution in [0.15, 0.2) is 36.7 Å². The number of rotatable bonds is 3. The molecule has 3 aromatic heterocycles. The Morgan fingerprint density at radius 3 is 2.83 bits per heavy atom. The van der Waals surface area contributed by atoms with Crippen molar-refractivity contribution in [3.63, 3.8) is 0 Å². The smallest absolute Gasteiger partial charge is 0.317 e. The fraction of sp³-hybridized carbons (Fsp3) is 0.385. The molecule has 0 saturated carbocycles. The Morgan fingerprint density at radius 2 is 2.06 bits per heavy atom. The number of carbonyl (C=O) groups excluding carboxylic acids is 1. The fourth-order valence-corrected chi connectivity index (χ4v) is 5.96. The lowest BCUT2D eigenvalue weighted by atomic mass is 9.97. The van der Waals surface area contributed by atoms with E-state index in [1.165, 1.54) is 5.69 Å². The van der Waals surface area contributed by atoms with Gasteiger partial charge in [-0.2, -0.15) is 5.10 Å². The van der Waals surface area contributed by atoms with Gasteiger partial charge < -0.3 is 15.0 Å². The van der Waals surface area contributed by atoms with Gasteiger partial charge >= 0.3 is 6.03 Å². The number of carbonyl (C=O) groups is 1. The summed E-state index contributed by atoms with van der Waals surface area (Å²) in [7, 11) is 1.68. The van der Waals surface area contributed by atoms with E-state index in [-0.39, 0.29) is 6.03 Å². The number of ether oxygens (including phenoxy) is 1. The summed E-state index contributed by atoms with van der Waals surface area (Å²) in [6, 6.07) is 8.73. The Morgan fingerprint density at radius 1 is 1.20 bits per heavy atom. The van der Waals surface area contributed by atoms with Crippen molar-refractivity contribution in [2.45, 2.75) is 38.8 Å². The van der Waals surface area contributed by atoms with E-state index in [1.807, 2.05) is 24.2 Å². The van der Waals surface area contributed by atoms with Crippen LogP contribution in [-0.4, -0.2) is 57.5 Å².